The molecule has 0 bridgehead atoms. The van der Waals surface area contributed by atoms with Crippen molar-refractivity contribution in [3.05, 3.63) is 60.2 Å². The van der Waals surface area contributed by atoms with Crippen LogP contribution in [0.5, 0.6) is 11.5 Å². The smallest absolute Gasteiger partial charge is 0.248 e. The SMILES string of the molecule is COCC(=O)N1CCN(Cc2cccc(OCCCN3CCCCCC3=O)c2)C[C@@](O)(COc2ccccc2)C1. The number of rotatable bonds is 12. The molecule has 4 rings (SSSR count). The van der Waals surface area contributed by atoms with Crippen LogP contribution in [0.2, 0.25) is 0 Å². The summed E-state index contributed by atoms with van der Waals surface area (Å²) in [6.45, 7) is 4.37. The molecule has 1 N–H and O–H groups in total. The molecule has 2 aliphatic rings. The molecule has 2 aliphatic heterocycles. The van der Waals surface area contributed by atoms with Crippen molar-refractivity contribution < 1.29 is 28.9 Å². The van der Waals surface area contributed by atoms with Gasteiger partial charge in [0.2, 0.25) is 11.8 Å². The van der Waals surface area contributed by atoms with Gasteiger partial charge in [-0.15, -0.1) is 0 Å². The Morgan fingerprint density at radius 1 is 0.950 bits per heavy atom. The van der Waals surface area contributed by atoms with Crippen molar-refractivity contribution in [2.24, 2.45) is 0 Å². The summed E-state index contributed by atoms with van der Waals surface area (Å²) < 4.78 is 17.0. The number of likely N-dealkylation sites (tertiary alicyclic amines) is 1. The van der Waals surface area contributed by atoms with E-state index in [2.05, 4.69) is 4.90 Å². The molecule has 0 aromatic heterocycles. The molecule has 0 spiro atoms. The van der Waals surface area contributed by atoms with Crippen LogP contribution in [0.25, 0.3) is 0 Å². The van der Waals surface area contributed by atoms with Gasteiger partial charge in [0.1, 0.15) is 30.3 Å². The van der Waals surface area contributed by atoms with Gasteiger partial charge in [-0.3, -0.25) is 14.5 Å². The van der Waals surface area contributed by atoms with Crippen LogP contribution in [-0.4, -0.2) is 103 Å². The van der Waals surface area contributed by atoms with Crippen molar-refractivity contribution in [2.75, 3.05) is 66.2 Å². The second-order valence-corrected chi connectivity index (χ2v) is 10.8. The molecule has 2 aromatic carbocycles. The zero-order chi connectivity index (χ0) is 28.2. The monoisotopic (exact) mass is 553 g/mol. The minimum absolute atomic E-state index is 0.0269. The molecule has 0 aliphatic carbocycles. The van der Waals surface area contributed by atoms with E-state index >= 15 is 0 Å². The number of amides is 2. The molecule has 1 atom stereocenters. The lowest BCUT2D eigenvalue weighted by Crippen LogP contribution is -2.52. The first-order valence-corrected chi connectivity index (χ1v) is 14.3. The van der Waals surface area contributed by atoms with E-state index in [1.807, 2.05) is 59.5 Å². The van der Waals surface area contributed by atoms with Gasteiger partial charge in [-0.2, -0.15) is 0 Å². The number of carbonyl (C=O) groups is 2. The van der Waals surface area contributed by atoms with E-state index in [1.165, 1.54) is 7.11 Å². The number of benzene rings is 2. The van der Waals surface area contributed by atoms with E-state index in [0.29, 0.717) is 45.0 Å². The van der Waals surface area contributed by atoms with Gasteiger partial charge in [-0.1, -0.05) is 36.8 Å². The van der Waals surface area contributed by atoms with Gasteiger partial charge >= 0.3 is 0 Å². The molecule has 0 unspecified atom stereocenters. The van der Waals surface area contributed by atoms with Crippen LogP contribution >= 0.6 is 0 Å². The Balaban J connectivity index is 1.34. The van der Waals surface area contributed by atoms with Gasteiger partial charge in [0.15, 0.2) is 0 Å². The van der Waals surface area contributed by atoms with Crippen molar-refractivity contribution in [3.8, 4) is 11.5 Å². The highest BCUT2D eigenvalue weighted by molar-refractivity contribution is 5.77. The molecule has 218 valence electrons. The lowest BCUT2D eigenvalue weighted by atomic mass is 10.0. The Morgan fingerprint density at radius 3 is 2.60 bits per heavy atom. The minimum atomic E-state index is -1.26. The Kier molecular flexibility index (Phi) is 11.2. The number of aliphatic hydroxyl groups is 1. The number of β-amino-alcohol motifs (C(OH)–C–C–N with tert-alkyl or cyclic N) is 1. The van der Waals surface area contributed by atoms with Crippen molar-refractivity contribution in [2.45, 2.75) is 44.2 Å². The number of carbonyl (C=O) groups excluding carboxylic acids is 2. The van der Waals surface area contributed by atoms with Crippen molar-refractivity contribution in [1.29, 1.82) is 0 Å². The third-order valence-electron chi connectivity index (χ3n) is 7.38. The van der Waals surface area contributed by atoms with E-state index in [9.17, 15) is 14.7 Å². The fourth-order valence-corrected chi connectivity index (χ4v) is 5.34. The highest BCUT2D eigenvalue weighted by Gasteiger charge is 2.37. The van der Waals surface area contributed by atoms with E-state index in [4.69, 9.17) is 14.2 Å². The predicted molar refractivity (Wildman–Crippen MR) is 152 cm³/mol. The third kappa shape index (κ3) is 9.21. The zero-order valence-electron chi connectivity index (χ0n) is 23.6. The first-order valence-electron chi connectivity index (χ1n) is 14.3. The van der Waals surface area contributed by atoms with Crippen LogP contribution < -0.4 is 9.47 Å². The maximum absolute atomic E-state index is 12.7. The van der Waals surface area contributed by atoms with Crippen LogP contribution in [0, 0.1) is 0 Å². The topological polar surface area (TPSA) is 91.8 Å². The fraction of sp³-hybridized carbons (Fsp3) is 0.548. The van der Waals surface area contributed by atoms with Gasteiger partial charge < -0.3 is 29.1 Å². The summed E-state index contributed by atoms with van der Waals surface area (Å²) >= 11 is 0. The van der Waals surface area contributed by atoms with Crippen molar-refractivity contribution in [3.63, 3.8) is 0 Å². The van der Waals surface area contributed by atoms with E-state index in [-0.39, 0.29) is 31.6 Å². The average Bonchev–Trinajstić information content (AvgIpc) is 3.26. The number of para-hydroxylation sites is 1. The summed E-state index contributed by atoms with van der Waals surface area (Å²) in [5, 5.41) is 11.6. The lowest BCUT2D eigenvalue weighted by molar-refractivity contribution is -0.138. The summed E-state index contributed by atoms with van der Waals surface area (Å²) in [7, 11) is 1.50. The first kappa shape index (κ1) is 29.8. The Labute approximate surface area is 237 Å². The van der Waals surface area contributed by atoms with Crippen LogP contribution in [0.4, 0.5) is 0 Å². The number of hydrogen-bond acceptors (Lipinski definition) is 7. The average molecular weight is 554 g/mol. The van der Waals surface area contributed by atoms with Gasteiger partial charge in [0.25, 0.3) is 0 Å². The van der Waals surface area contributed by atoms with Gasteiger partial charge in [-0.25, -0.2) is 0 Å². The fourth-order valence-electron chi connectivity index (χ4n) is 5.34. The van der Waals surface area contributed by atoms with Crippen molar-refractivity contribution in [1.82, 2.24) is 14.7 Å². The quantitative estimate of drug-likeness (QED) is 0.404. The highest BCUT2D eigenvalue weighted by Crippen LogP contribution is 2.22. The van der Waals surface area contributed by atoms with E-state index in [0.717, 1.165) is 50.1 Å². The third-order valence-corrected chi connectivity index (χ3v) is 7.38. The number of hydrogen-bond donors (Lipinski definition) is 1. The van der Waals surface area contributed by atoms with Gasteiger partial charge in [0, 0.05) is 52.8 Å². The van der Waals surface area contributed by atoms with Gasteiger partial charge in [0.05, 0.1) is 13.2 Å². The highest BCUT2D eigenvalue weighted by atomic mass is 16.5. The number of nitrogens with zero attached hydrogens (tertiary/aromatic N) is 3. The standard InChI is InChI=1S/C31H43N3O6/c1-38-22-30(36)34-18-17-32(23-31(37,24-34)25-40-27-11-4-2-5-12-27)21-26-10-8-13-28(20-26)39-19-9-16-33-15-7-3-6-14-29(33)35/h2,4-5,8,10-13,20,37H,3,6-7,9,14-19,21-25H2,1H3/t31-/m0/s1. The van der Waals surface area contributed by atoms with E-state index in [1.54, 1.807) is 4.90 Å². The molecule has 2 heterocycles. The molecule has 9 heteroatoms. The van der Waals surface area contributed by atoms with Crippen LogP contribution in [0.1, 0.15) is 37.7 Å². The molecule has 2 amide bonds. The second-order valence-electron chi connectivity index (χ2n) is 10.8. The van der Waals surface area contributed by atoms with Crippen LogP contribution in [0.15, 0.2) is 54.6 Å². The number of methoxy groups -OCH3 is 1. The summed E-state index contributed by atoms with van der Waals surface area (Å²) in [5.41, 5.74) is -0.197. The summed E-state index contributed by atoms with van der Waals surface area (Å²) in [6.07, 6.45) is 4.65. The predicted octanol–water partition coefficient (Wildman–Crippen LogP) is 2.96. The summed E-state index contributed by atoms with van der Waals surface area (Å²) in [6, 6.07) is 17.4. The largest absolute Gasteiger partial charge is 0.494 e. The summed E-state index contributed by atoms with van der Waals surface area (Å²) in [4.78, 5) is 30.7. The van der Waals surface area contributed by atoms with Crippen LogP contribution in [-0.2, 0) is 20.9 Å². The molecular formula is C31H43N3O6. The van der Waals surface area contributed by atoms with Crippen molar-refractivity contribution >= 4 is 11.8 Å². The molecular weight excluding hydrogens is 510 g/mol. The molecule has 9 nitrogen and oxygen atoms in total. The number of ether oxygens (including phenoxy) is 3. The Bertz CT molecular complexity index is 1080. The molecule has 0 saturated carbocycles. The molecule has 0 radical (unpaired) electrons. The Morgan fingerprint density at radius 2 is 1.77 bits per heavy atom. The normalized spacial score (nSPS) is 20.6. The second kappa shape index (κ2) is 15.0. The summed E-state index contributed by atoms with van der Waals surface area (Å²) in [5.74, 6) is 1.56. The minimum Gasteiger partial charge on any atom is -0.494 e. The molecule has 40 heavy (non-hydrogen) atoms. The van der Waals surface area contributed by atoms with Crippen LogP contribution in [0.3, 0.4) is 0 Å². The molecule has 2 aromatic rings. The van der Waals surface area contributed by atoms with Gasteiger partial charge in [-0.05, 0) is 49.1 Å². The lowest BCUT2D eigenvalue weighted by Gasteiger charge is -2.33. The maximum atomic E-state index is 12.7. The first-order chi connectivity index (χ1) is 19.4. The van der Waals surface area contributed by atoms with E-state index < -0.39 is 5.60 Å². The molecule has 2 fully saturated rings. The Hall–Kier alpha value is -3.14. The zero-order valence-corrected chi connectivity index (χ0v) is 23.6. The maximum Gasteiger partial charge on any atom is 0.248 e. The molecule has 2 saturated heterocycles.